The smallest absolute Gasteiger partial charge is 0.407 e. The molecule has 1 N–H and O–H groups in total. The van der Waals surface area contributed by atoms with E-state index in [1.807, 2.05) is 13.8 Å². The molecule has 2 amide bonds. The molecule has 0 saturated carbocycles. The molecule has 0 unspecified atom stereocenters. The second kappa shape index (κ2) is 9.00. The summed E-state index contributed by atoms with van der Waals surface area (Å²) < 4.78 is 4.67. The predicted octanol–water partition coefficient (Wildman–Crippen LogP) is 1.38. The highest BCUT2D eigenvalue weighted by atomic mass is 16.5. The van der Waals surface area contributed by atoms with Gasteiger partial charge >= 0.3 is 6.09 Å². The van der Waals surface area contributed by atoms with Gasteiger partial charge in [-0.1, -0.05) is 13.8 Å². The van der Waals surface area contributed by atoms with Crippen LogP contribution in [-0.4, -0.2) is 43.1 Å². The zero-order valence-corrected chi connectivity index (χ0v) is 10.4. The standard InChI is InChI=1S/C11H22N2O3/c1-4-7-13(8-5-2)10(14)9-12-11(15)16-6-3/h4-9H2,1-3H3,(H,12,15). The molecule has 0 saturated heterocycles. The predicted molar refractivity (Wildman–Crippen MR) is 62.2 cm³/mol. The van der Waals surface area contributed by atoms with E-state index in [0.29, 0.717) is 6.61 Å². The van der Waals surface area contributed by atoms with Gasteiger partial charge in [-0.05, 0) is 19.8 Å². The van der Waals surface area contributed by atoms with Crippen LogP contribution in [0.1, 0.15) is 33.6 Å². The van der Waals surface area contributed by atoms with Crippen molar-refractivity contribution in [1.82, 2.24) is 10.2 Å². The average Bonchev–Trinajstić information content (AvgIpc) is 2.26. The van der Waals surface area contributed by atoms with Crippen molar-refractivity contribution in [3.05, 3.63) is 0 Å². The van der Waals surface area contributed by atoms with Crippen LogP contribution in [0.15, 0.2) is 0 Å². The molecule has 0 aromatic heterocycles. The van der Waals surface area contributed by atoms with Crippen LogP contribution < -0.4 is 5.32 Å². The van der Waals surface area contributed by atoms with Crippen LogP contribution in [0.3, 0.4) is 0 Å². The van der Waals surface area contributed by atoms with Gasteiger partial charge in [-0.25, -0.2) is 4.79 Å². The van der Waals surface area contributed by atoms with Gasteiger partial charge in [-0.2, -0.15) is 0 Å². The zero-order valence-electron chi connectivity index (χ0n) is 10.4. The van der Waals surface area contributed by atoms with Crippen molar-refractivity contribution in [3.63, 3.8) is 0 Å². The quantitative estimate of drug-likeness (QED) is 0.719. The van der Waals surface area contributed by atoms with Gasteiger partial charge < -0.3 is 15.0 Å². The van der Waals surface area contributed by atoms with Crippen molar-refractivity contribution in [3.8, 4) is 0 Å². The third-order valence-corrected chi connectivity index (χ3v) is 2.00. The van der Waals surface area contributed by atoms with Gasteiger partial charge in [0.25, 0.3) is 0 Å². The SMILES string of the molecule is CCCN(CCC)C(=O)CNC(=O)OCC. The highest BCUT2D eigenvalue weighted by Gasteiger charge is 2.12. The van der Waals surface area contributed by atoms with Gasteiger partial charge in [0, 0.05) is 13.1 Å². The van der Waals surface area contributed by atoms with E-state index in [2.05, 4.69) is 10.1 Å². The molecular formula is C11H22N2O3. The number of amides is 2. The van der Waals surface area contributed by atoms with Crippen LogP contribution in [0, 0.1) is 0 Å². The first kappa shape index (κ1) is 14.7. The molecule has 0 atom stereocenters. The van der Waals surface area contributed by atoms with E-state index in [1.165, 1.54) is 0 Å². The first-order valence-corrected chi connectivity index (χ1v) is 5.84. The Labute approximate surface area is 97.1 Å². The van der Waals surface area contributed by atoms with Gasteiger partial charge in [0.1, 0.15) is 6.54 Å². The molecule has 5 heteroatoms. The maximum absolute atomic E-state index is 11.7. The number of alkyl carbamates (subject to hydrolysis) is 1. The largest absolute Gasteiger partial charge is 0.450 e. The summed E-state index contributed by atoms with van der Waals surface area (Å²) in [7, 11) is 0. The summed E-state index contributed by atoms with van der Waals surface area (Å²) in [5, 5.41) is 2.43. The highest BCUT2D eigenvalue weighted by Crippen LogP contribution is 1.94. The third-order valence-electron chi connectivity index (χ3n) is 2.00. The van der Waals surface area contributed by atoms with Crippen molar-refractivity contribution >= 4 is 12.0 Å². The van der Waals surface area contributed by atoms with Crippen LogP contribution in [0.25, 0.3) is 0 Å². The Bertz CT molecular complexity index is 213. The molecule has 0 aliphatic carbocycles. The number of nitrogens with one attached hydrogen (secondary N) is 1. The fraction of sp³-hybridized carbons (Fsp3) is 0.818. The molecule has 16 heavy (non-hydrogen) atoms. The maximum Gasteiger partial charge on any atom is 0.407 e. The summed E-state index contributed by atoms with van der Waals surface area (Å²) in [5.74, 6) is -0.0586. The van der Waals surface area contributed by atoms with Crippen LogP contribution >= 0.6 is 0 Å². The molecule has 0 aromatic rings. The summed E-state index contributed by atoms with van der Waals surface area (Å²) in [5.41, 5.74) is 0. The number of rotatable bonds is 7. The van der Waals surface area contributed by atoms with Crippen LogP contribution in [0.4, 0.5) is 4.79 Å². The topological polar surface area (TPSA) is 58.6 Å². The third kappa shape index (κ3) is 6.27. The Kier molecular flexibility index (Phi) is 8.29. The second-order valence-corrected chi connectivity index (χ2v) is 3.45. The van der Waals surface area contributed by atoms with Crippen molar-refractivity contribution in [1.29, 1.82) is 0 Å². The Balaban J connectivity index is 3.94. The first-order chi connectivity index (χ1) is 7.65. The lowest BCUT2D eigenvalue weighted by atomic mass is 10.3. The molecule has 0 spiro atoms. The molecule has 5 nitrogen and oxygen atoms in total. The van der Waals surface area contributed by atoms with E-state index in [1.54, 1.807) is 11.8 Å². The molecular weight excluding hydrogens is 208 g/mol. The normalized spacial score (nSPS) is 9.69. The van der Waals surface area contributed by atoms with E-state index in [4.69, 9.17) is 0 Å². The van der Waals surface area contributed by atoms with Crippen molar-refractivity contribution in [2.75, 3.05) is 26.2 Å². The fourth-order valence-corrected chi connectivity index (χ4v) is 1.34. The number of carbonyl (C=O) groups is 2. The summed E-state index contributed by atoms with van der Waals surface area (Å²) in [6, 6.07) is 0. The van der Waals surface area contributed by atoms with Gasteiger partial charge in [0.2, 0.25) is 5.91 Å². The van der Waals surface area contributed by atoms with Gasteiger partial charge in [0.05, 0.1) is 6.61 Å². The van der Waals surface area contributed by atoms with E-state index in [9.17, 15) is 9.59 Å². The molecule has 0 heterocycles. The van der Waals surface area contributed by atoms with E-state index >= 15 is 0 Å². The maximum atomic E-state index is 11.7. The minimum Gasteiger partial charge on any atom is -0.450 e. The lowest BCUT2D eigenvalue weighted by Crippen LogP contribution is -2.41. The van der Waals surface area contributed by atoms with Crippen LogP contribution in [0.5, 0.6) is 0 Å². The second-order valence-electron chi connectivity index (χ2n) is 3.45. The van der Waals surface area contributed by atoms with Gasteiger partial charge in [-0.3, -0.25) is 4.79 Å². The Morgan fingerprint density at radius 2 is 1.69 bits per heavy atom. The first-order valence-electron chi connectivity index (χ1n) is 5.84. The van der Waals surface area contributed by atoms with Crippen molar-refractivity contribution in [2.24, 2.45) is 0 Å². The number of hydrogen-bond acceptors (Lipinski definition) is 3. The Hall–Kier alpha value is -1.26. The average molecular weight is 230 g/mol. The van der Waals surface area contributed by atoms with E-state index in [-0.39, 0.29) is 12.5 Å². The van der Waals surface area contributed by atoms with Crippen molar-refractivity contribution < 1.29 is 14.3 Å². The minimum atomic E-state index is -0.538. The lowest BCUT2D eigenvalue weighted by Gasteiger charge is -2.21. The molecule has 0 aliphatic heterocycles. The number of carbonyl (C=O) groups excluding carboxylic acids is 2. The highest BCUT2D eigenvalue weighted by molar-refractivity contribution is 5.82. The molecule has 0 aromatic carbocycles. The molecule has 0 aliphatic rings. The van der Waals surface area contributed by atoms with E-state index < -0.39 is 6.09 Å². The van der Waals surface area contributed by atoms with Gasteiger partial charge in [0.15, 0.2) is 0 Å². The Morgan fingerprint density at radius 1 is 1.12 bits per heavy atom. The lowest BCUT2D eigenvalue weighted by molar-refractivity contribution is -0.130. The minimum absolute atomic E-state index is 0.0127. The number of nitrogens with zero attached hydrogens (tertiary/aromatic N) is 1. The van der Waals surface area contributed by atoms with Crippen molar-refractivity contribution in [2.45, 2.75) is 33.6 Å². The summed E-state index contributed by atoms with van der Waals surface area (Å²) in [4.78, 5) is 24.4. The van der Waals surface area contributed by atoms with E-state index in [0.717, 1.165) is 25.9 Å². The summed E-state index contributed by atoms with van der Waals surface area (Å²) >= 11 is 0. The zero-order chi connectivity index (χ0) is 12.4. The van der Waals surface area contributed by atoms with Crippen LogP contribution in [0.2, 0.25) is 0 Å². The summed E-state index contributed by atoms with van der Waals surface area (Å²) in [6.07, 6.45) is 1.31. The summed E-state index contributed by atoms with van der Waals surface area (Å²) in [6.45, 7) is 7.56. The molecule has 94 valence electrons. The molecule has 0 bridgehead atoms. The number of ether oxygens (including phenoxy) is 1. The monoisotopic (exact) mass is 230 g/mol. The Morgan fingerprint density at radius 3 is 2.12 bits per heavy atom. The molecule has 0 fully saturated rings. The van der Waals surface area contributed by atoms with Crippen LogP contribution in [-0.2, 0) is 9.53 Å². The van der Waals surface area contributed by atoms with Gasteiger partial charge in [-0.15, -0.1) is 0 Å². The number of hydrogen-bond donors (Lipinski definition) is 1. The molecule has 0 rings (SSSR count). The fourth-order valence-electron chi connectivity index (χ4n) is 1.34. The molecule has 0 radical (unpaired) electrons.